The van der Waals surface area contributed by atoms with Crippen molar-refractivity contribution in [2.75, 3.05) is 14.1 Å². The maximum Gasteiger partial charge on any atom is 0.471 e. The molecule has 0 saturated carbocycles. The predicted molar refractivity (Wildman–Crippen MR) is 87.1 cm³/mol. The van der Waals surface area contributed by atoms with Crippen LogP contribution < -0.4 is 0 Å². The van der Waals surface area contributed by atoms with Crippen LogP contribution in [-0.2, 0) is 12.7 Å². The highest BCUT2D eigenvalue weighted by molar-refractivity contribution is 7.80. The molecule has 132 valence electrons. The second-order valence-electron chi connectivity index (χ2n) is 5.15. The third-order valence-electron chi connectivity index (χ3n) is 3.00. The van der Waals surface area contributed by atoms with E-state index in [4.69, 9.17) is 12.2 Å². The standard InChI is InChI=1S/C13H11F3N6OS2/c1-21(2)11(24)10-17-6-22(19-10)5-7-3-4-8(25-7)9-18-12(23-20-9)13(14,15)16/h3-4,6H,5H2,1-2H3. The zero-order valence-electron chi connectivity index (χ0n) is 13.0. The van der Waals surface area contributed by atoms with Crippen molar-refractivity contribution in [2.24, 2.45) is 0 Å². The zero-order valence-corrected chi connectivity index (χ0v) is 14.6. The molecule has 3 aromatic rings. The molecule has 3 heterocycles. The lowest BCUT2D eigenvalue weighted by Crippen LogP contribution is -2.22. The molecular weight excluding hydrogens is 377 g/mol. The van der Waals surface area contributed by atoms with Crippen LogP contribution in [0.1, 0.15) is 16.6 Å². The lowest BCUT2D eigenvalue weighted by Gasteiger charge is -2.09. The summed E-state index contributed by atoms with van der Waals surface area (Å²) >= 11 is 6.44. The van der Waals surface area contributed by atoms with Crippen LogP contribution in [0.25, 0.3) is 10.7 Å². The molecule has 12 heteroatoms. The molecule has 0 aliphatic carbocycles. The fraction of sp³-hybridized carbons (Fsp3) is 0.308. The summed E-state index contributed by atoms with van der Waals surface area (Å²) in [5, 5.41) is 7.64. The van der Waals surface area contributed by atoms with Crippen molar-refractivity contribution >= 4 is 28.5 Å². The first-order valence-corrected chi connectivity index (χ1v) is 8.07. The molecular formula is C13H11F3N6OS2. The Labute approximate surface area is 149 Å². The van der Waals surface area contributed by atoms with Crippen molar-refractivity contribution in [3.63, 3.8) is 0 Å². The van der Waals surface area contributed by atoms with Gasteiger partial charge in [-0.05, 0) is 12.1 Å². The number of rotatable bonds is 4. The van der Waals surface area contributed by atoms with Gasteiger partial charge in [0, 0.05) is 19.0 Å². The monoisotopic (exact) mass is 388 g/mol. The normalized spacial score (nSPS) is 11.7. The fourth-order valence-corrected chi connectivity index (χ4v) is 2.87. The van der Waals surface area contributed by atoms with Gasteiger partial charge in [0.05, 0.1) is 11.4 Å². The fourth-order valence-electron chi connectivity index (χ4n) is 1.85. The number of thiocarbonyl (C=S) groups is 1. The SMILES string of the molecule is CN(C)C(=S)c1ncn(Cc2ccc(-c3noc(C(F)(F)F)n3)s2)n1. The first kappa shape index (κ1) is 17.5. The predicted octanol–water partition coefficient (Wildman–Crippen LogP) is 2.69. The summed E-state index contributed by atoms with van der Waals surface area (Å²) < 4.78 is 43.4. The van der Waals surface area contributed by atoms with Crippen molar-refractivity contribution in [3.05, 3.63) is 35.1 Å². The van der Waals surface area contributed by atoms with E-state index in [1.54, 1.807) is 42.1 Å². The molecule has 7 nitrogen and oxygen atoms in total. The first-order valence-electron chi connectivity index (χ1n) is 6.85. The summed E-state index contributed by atoms with van der Waals surface area (Å²) in [6.45, 7) is 0.400. The Morgan fingerprint density at radius 1 is 1.36 bits per heavy atom. The number of hydrogen-bond donors (Lipinski definition) is 0. The third kappa shape index (κ3) is 3.85. The molecule has 0 atom stereocenters. The molecule has 0 aliphatic rings. The Bertz CT molecular complexity index is 898. The van der Waals surface area contributed by atoms with Crippen LogP contribution in [0.2, 0.25) is 0 Å². The Balaban J connectivity index is 1.74. The van der Waals surface area contributed by atoms with Crippen LogP contribution in [0.4, 0.5) is 13.2 Å². The van der Waals surface area contributed by atoms with Gasteiger partial charge < -0.3 is 9.42 Å². The van der Waals surface area contributed by atoms with Crippen LogP contribution in [0, 0.1) is 0 Å². The summed E-state index contributed by atoms with van der Waals surface area (Å²) in [6.07, 6.45) is -3.12. The van der Waals surface area contributed by atoms with Crippen molar-refractivity contribution in [1.29, 1.82) is 0 Å². The van der Waals surface area contributed by atoms with Crippen LogP contribution in [-0.4, -0.2) is 48.9 Å². The number of hydrogen-bond acceptors (Lipinski definition) is 7. The maximum absolute atomic E-state index is 12.5. The molecule has 0 radical (unpaired) electrons. The lowest BCUT2D eigenvalue weighted by molar-refractivity contribution is -0.159. The minimum atomic E-state index is -4.66. The van der Waals surface area contributed by atoms with E-state index >= 15 is 0 Å². The van der Waals surface area contributed by atoms with Gasteiger partial charge in [-0.2, -0.15) is 18.2 Å². The molecule has 0 spiro atoms. The number of halogens is 3. The largest absolute Gasteiger partial charge is 0.471 e. The highest BCUT2D eigenvalue weighted by atomic mass is 32.1. The number of alkyl halides is 3. The average molecular weight is 388 g/mol. The van der Waals surface area contributed by atoms with Gasteiger partial charge in [-0.15, -0.1) is 16.4 Å². The van der Waals surface area contributed by atoms with Crippen LogP contribution in [0.3, 0.4) is 0 Å². The van der Waals surface area contributed by atoms with Gasteiger partial charge in [0.25, 0.3) is 0 Å². The number of nitrogens with zero attached hydrogens (tertiary/aromatic N) is 6. The van der Waals surface area contributed by atoms with E-state index in [9.17, 15) is 13.2 Å². The quantitative estimate of drug-likeness (QED) is 0.636. The van der Waals surface area contributed by atoms with E-state index in [-0.39, 0.29) is 5.82 Å². The second kappa shape index (κ2) is 6.52. The summed E-state index contributed by atoms with van der Waals surface area (Å²) in [6, 6.07) is 3.39. The Morgan fingerprint density at radius 3 is 2.76 bits per heavy atom. The average Bonchev–Trinajstić information content (AvgIpc) is 3.25. The molecule has 0 saturated heterocycles. The highest BCUT2D eigenvalue weighted by Gasteiger charge is 2.38. The zero-order chi connectivity index (χ0) is 18.2. The minimum Gasteiger partial charge on any atom is -0.366 e. The summed E-state index contributed by atoms with van der Waals surface area (Å²) in [5.41, 5.74) is 0. The van der Waals surface area contributed by atoms with Crippen molar-refractivity contribution in [3.8, 4) is 10.7 Å². The van der Waals surface area contributed by atoms with Gasteiger partial charge in [0.1, 0.15) is 11.3 Å². The molecule has 25 heavy (non-hydrogen) atoms. The Hall–Kier alpha value is -2.34. The summed E-state index contributed by atoms with van der Waals surface area (Å²) in [7, 11) is 3.60. The molecule has 0 bridgehead atoms. The molecule has 0 amide bonds. The molecule has 0 aliphatic heterocycles. The Kier molecular flexibility index (Phi) is 4.56. The number of thiophene rings is 1. The molecule has 0 fully saturated rings. The van der Waals surface area contributed by atoms with E-state index in [1.165, 1.54) is 11.3 Å². The van der Waals surface area contributed by atoms with Crippen LogP contribution in [0.15, 0.2) is 23.0 Å². The van der Waals surface area contributed by atoms with Crippen LogP contribution in [0.5, 0.6) is 0 Å². The Morgan fingerprint density at radius 2 is 2.12 bits per heavy atom. The van der Waals surface area contributed by atoms with E-state index in [1.807, 2.05) is 0 Å². The van der Waals surface area contributed by atoms with Gasteiger partial charge in [0.2, 0.25) is 11.6 Å². The molecule has 0 aromatic carbocycles. The van der Waals surface area contributed by atoms with Crippen molar-refractivity contribution in [1.82, 2.24) is 29.8 Å². The van der Waals surface area contributed by atoms with Gasteiger partial charge >= 0.3 is 12.1 Å². The van der Waals surface area contributed by atoms with Gasteiger partial charge in [-0.25, -0.2) is 9.67 Å². The molecule has 0 N–H and O–H groups in total. The van der Waals surface area contributed by atoms with Crippen molar-refractivity contribution in [2.45, 2.75) is 12.7 Å². The summed E-state index contributed by atoms with van der Waals surface area (Å²) in [4.78, 5) is 11.1. The topological polar surface area (TPSA) is 72.9 Å². The lowest BCUT2D eigenvalue weighted by atomic mass is 10.4. The molecule has 3 rings (SSSR count). The smallest absolute Gasteiger partial charge is 0.366 e. The van der Waals surface area contributed by atoms with Gasteiger partial charge in [0.15, 0.2) is 0 Å². The van der Waals surface area contributed by atoms with Gasteiger partial charge in [-0.1, -0.05) is 17.4 Å². The first-order chi connectivity index (χ1) is 11.7. The molecule has 3 aromatic heterocycles. The van der Waals surface area contributed by atoms with Crippen LogP contribution >= 0.6 is 23.6 Å². The highest BCUT2D eigenvalue weighted by Crippen LogP contribution is 2.31. The number of aromatic nitrogens is 5. The third-order valence-corrected chi connectivity index (χ3v) is 4.62. The summed E-state index contributed by atoms with van der Waals surface area (Å²) in [5.74, 6) is -1.03. The minimum absolute atomic E-state index is 0.100. The van der Waals surface area contributed by atoms with Crippen molar-refractivity contribution < 1.29 is 17.7 Å². The van der Waals surface area contributed by atoms with E-state index in [0.717, 1.165) is 4.88 Å². The van der Waals surface area contributed by atoms with Gasteiger partial charge in [-0.3, -0.25) is 0 Å². The second-order valence-corrected chi connectivity index (χ2v) is 6.71. The maximum atomic E-state index is 12.5. The van der Waals surface area contributed by atoms with E-state index in [0.29, 0.717) is 22.2 Å². The van der Waals surface area contributed by atoms with E-state index < -0.39 is 12.1 Å². The van der Waals surface area contributed by atoms with E-state index in [2.05, 4.69) is 24.7 Å². The molecule has 0 unspecified atom stereocenters.